The van der Waals surface area contributed by atoms with Crippen LogP contribution in [0.4, 0.5) is 0 Å². The van der Waals surface area contributed by atoms with Gasteiger partial charge in [-0.2, -0.15) is 0 Å². The van der Waals surface area contributed by atoms with E-state index in [1.807, 2.05) is 0 Å². The van der Waals surface area contributed by atoms with Gasteiger partial charge in [-0.1, -0.05) is 212 Å². The molecule has 0 rings (SSSR count). The van der Waals surface area contributed by atoms with E-state index < -0.39 is 51.1 Å². The van der Waals surface area contributed by atoms with E-state index >= 15 is 0 Å². The number of ether oxygens (including phenoxy) is 2. The number of phosphoric acid groups is 1. The summed E-state index contributed by atoms with van der Waals surface area (Å²) in [6.07, 6.45) is 48.2. The van der Waals surface area contributed by atoms with Crippen molar-refractivity contribution < 1.29 is 47.5 Å². The first-order valence-electron chi connectivity index (χ1n) is 24.9. The molecule has 0 aromatic carbocycles. The highest BCUT2D eigenvalue weighted by molar-refractivity contribution is 7.47. The molecule has 0 aliphatic carbocycles. The number of hydrogen-bond acceptors (Lipinski definition) is 9. The first-order valence-corrected chi connectivity index (χ1v) is 26.4. The standard InChI is InChI=1S/C49H92NO10P/c1-3-5-7-9-11-13-15-17-19-20-21-22-23-24-25-26-27-29-31-33-35-37-39-41-48(52)60-45(43-58-61(55,56)59-44-46(50)49(53)54)42-57-47(51)40-38-36-34-32-30-28-18-16-14-12-10-8-6-4-2/h10,12,16,18,45-46H,3-9,11,13-15,17,19-44,50H2,1-2H3,(H,53,54)(H,55,56)/b12-10+,18-16+/t45-,46-/m0/s1. The van der Waals surface area contributed by atoms with Gasteiger partial charge < -0.3 is 25.2 Å². The van der Waals surface area contributed by atoms with Crippen LogP contribution < -0.4 is 5.73 Å². The molecule has 3 atom stereocenters. The summed E-state index contributed by atoms with van der Waals surface area (Å²) >= 11 is 0. The van der Waals surface area contributed by atoms with Gasteiger partial charge in [0.05, 0.1) is 13.2 Å². The molecule has 0 saturated carbocycles. The van der Waals surface area contributed by atoms with Gasteiger partial charge in [0.2, 0.25) is 0 Å². The fourth-order valence-corrected chi connectivity index (χ4v) is 7.80. The van der Waals surface area contributed by atoms with E-state index in [4.69, 9.17) is 24.8 Å². The number of rotatable bonds is 47. The van der Waals surface area contributed by atoms with Gasteiger partial charge in [-0.15, -0.1) is 0 Å². The summed E-state index contributed by atoms with van der Waals surface area (Å²) in [6, 6.07) is -1.52. The second-order valence-corrected chi connectivity index (χ2v) is 18.4. The summed E-state index contributed by atoms with van der Waals surface area (Å²) in [5, 5.41) is 8.91. The van der Waals surface area contributed by atoms with Gasteiger partial charge in [0.25, 0.3) is 0 Å². The highest BCUT2D eigenvalue weighted by atomic mass is 31.2. The normalized spacial score (nSPS) is 13.8. The molecule has 0 amide bonds. The van der Waals surface area contributed by atoms with Gasteiger partial charge in [-0.3, -0.25) is 23.4 Å². The first-order chi connectivity index (χ1) is 29.6. The van der Waals surface area contributed by atoms with E-state index in [2.05, 4.69) is 42.7 Å². The minimum Gasteiger partial charge on any atom is -0.480 e. The summed E-state index contributed by atoms with van der Waals surface area (Å²) in [5.74, 6) is -2.38. The third-order valence-corrected chi connectivity index (χ3v) is 11.9. The van der Waals surface area contributed by atoms with Crippen molar-refractivity contribution in [3.05, 3.63) is 24.3 Å². The first kappa shape index (κ1) is 59.0. The van der Waals surface area contributed by atoms with Gasteiger partial charge in [0, 0.05) is 12.8 Å². The number of phosphoric ester groups is 1. The lowest BCUT2D eigenvalue weighted by molar-refractivity contribution is -0.161. The Kier molecular flexibility index (Phi) is 43.1. The second kappa shape index (κ2) is 44.6. The molecule has 0 heterocycles. The molecule has 0 spiro atoms. The third kappa shape index (κ3) is 44.4. The monoisotopic (exact) mass is 886 g/mol. The van der Waals surface area contributed by atoms with E-state index in [9.17, 15) is 23.8 Å². The molecule has 0 bridgehead atoms. The zero-order valence-corrected chi connectivity index (χ0v) is 39.9. The Hall–Kier alpha value is -2.04. The molecule has 0 aromatic heterocycles. The van der Waals surface area contributed by atoms with Crippen LogP contribution in [0.25, 0.3) is 0 Å². The molecule has 1 unspecified atom stereocenters. The number of carboxylic acid groups (broad SMARTS) is 1. The van der Waals surface area contributed by atoms with Crippen LogP contribution in [0.2, 0.25) is 0 Å². The van der Waals surface area contributed by atoms with E-state index in [1.165, 1.54) is 135 Å². The molecule has 12 heteroatoms. The lowest BCUT2D eigenvalue weighted by Crippen LogP contribution is -2.34. The van der Waals surface area contributed by atoms with Crippen LogP contribution in [0.3, 0.4) is 0 Å². The maximum atomic E-state index is 12.7. The van der Waals surface area contributed by atoms with Crippen molar-refractivity contribution in [2.75, 3.05) is 19.8 Å². The smallest absolute Gasteiger partial charge is 0.472 e. The number of unbranched alkanes of at least 4 members (excludes halogenated alkanes) is 29. The summed E-state index contributed by atoms with van der Waals surface area (Å²) in [6.45, 7) is 2.79. The van der Waals surface area contributed by atoms with Crippen LogP contribution >= 0.6 is 7.82 Å². The Morgan fingerprint density at radius 3 is 1.33 bits per heavy atom. The number of aliphatic carboxylic acids is 1. The van der Waals surface area contributed by atoms with Crippen LogP contribution in [-0.4, -0.2) is 59.9 Å². The van der Waals surface area contributed by atoms with Crippen molar-refractivity contribution in [1.29, 1.82) is 0 Å². The molecule has 0 fully saturated rings. The highest BCUT2D eigenvalue weighted by Gasteiger charge is 2.28. The van der Waals surface area contributed by atoms with E-state index in [0.717, 1.165) is 64.2 Å². The van der Waals surface area contributed by atoms with Gasteiger partial charge in [-0.05, 0) is 38.5 Å². The predicted octanol–water partition coefficient (Wildman–Crippen LogP) is 13.8. The molecule has 0 saturated heterocycles. The summed E-state index contributed by atoms with van der Waals surface area (Å²) in [7, 11) is -4.72. The lowest BCUT2D eigenvalue weighted by Gasteiger charge is -2.20. The molecule has 61 heavy (non-hydrogen) atoms. The second-order valence-electron chi connectivity index (χ2n) is 17.0. The highest BCUT2D eigenvalue weighted by Crippen LogP contribution is 2.43. The molecular formula is C49H92NO10P. The molecule has 358 valence electrons. The number of carboxylic acids is 1. The molecule has 0 aliphatic heterocycles. The van der Waals surface area contributed by atoms with Crippen molar-refractivity contribution >= 4 is 25.7 Å². The Balaban J connectivity index is 4.20. The SMILES string of the molecule is CCCC/C=C/C/C=C/CCCCCCCC(=O)OC[C@@H](COP(=O)(O)OC[C@H](N)C(=O)O)OC(=O)CCCCCCCCCCCCCCCCCCCCCCCCC. The largest absolute Gasteiger partial charge is 0.480 e. The molecular weight excluding hydrogens is 794 g/mol. The van der Waals surface area contributed by atoms with Crippen molar-refractivity contribution in [2.24, 2.45) is 5.73 Å². The Morgan fingerprint density at radius 2 is 0.885 bits per heavy atom. The minimum atomic E-state index is -4.72. The van der Waals surface area contributed by atoms with Gasteiger partial charge in [0.15, 0.2) is 6.10 Å². The van der Waals surface area contributed by atoms with Crippen molar-refractivity contribution in [1.82, 2.24) is 0 Å². The number of allylic oxidation sites excluding steroid dienone is 4. The lowest BCUT2D eigenvalue weighted by atomic mass is 10.0. The number of esters is 2. The van der Waals surface area contributed by atoms with Crippen LogP contribution in [0.15, 0.2) is 24.3 Å². The Morgan fingerprint density at radius 1 is 0.508 bits per heavy atom. The van der Waals surface area contributed by atoms with Gasteiger partial charge >= 0.3 is 25.7 Å². The van der Waals surface area contributed by atoms with Gasteiger partial charge in [-0.25, -0.2) is 4.57 Å². The average molecular weight is 886 g/mol. The maximum absolute atomic E-state index is 12.7. The van der Waals surface area contributed by atoms with Crippen LogP contribution in [0.5, 0.6) is 0 Å². The summed E-state index contributed by atoms with van der Waals surface area (Å²) < 4.78 is 32.8. The Labute approximate surface area is 372 Å². The fourth-order valence-electron chi connectivity index (χ4n) is 7.02. The molecule has 11 nitrogen and oxygen atoms in total. The van der Waals surface area contributed by atoms with E-state index in [-0.39, 0.29) is 19.4 Å². The molecule has 4 N–H and O–H groups in total. The Bertz CT molecular complexity index is 1130. The molecule has 0 aliphatic rings. The maximum Gasteiger partial charge on any atom is 0.472 e. The third-order valence-electron chi connectivity index (χ3n) is 11.0. The number of carbonyl (C=O) groups excluding carboxylic acids is 2. The number of nitrogens with two attached hydrogens (primary N) is 1. The zero-order valence-electron chi connectivity index (χ0n) is 39.0. The van der Waals surface area contributed by atoms with Crippen LogP contribution in [0.1, 0.15) is 239 Å². The van der Waals surface area contributed by atoms with Crippen LogP contribution in [-0.2, 0) is 37.5 Å². The van der Waals surface area contributed by atoms with Crippen molar-refractivity contribution in [3.8, 4) is 0 Å². The summed E-state index contributed by atoms with van der Waals surface area (Å²) in [5.41, 5.74) is 5.35. The molecule has 0 aromatic rings. The number of hydrogen-bond donors (Lipinski definition) is 3. The quantitative estimate of drug-likeness (QED) is 0.0230. The van der Waals surface area contributed by atoms with E-state index in [0.29, 0.717) is 12.8 Å². The topological polar surface area (TPSA) is 172 Å². The average Bonchev–Trinajstić information content (AvgIpc) is 3.24. The minimum absolute atomic E-state index is 0.163. The fraction of sp³-hybridized carbons (Fsp3) is 0.857. The van der Waals surface area contributed by atoms with E-state index in [1.54, 1.807) is 0 Å². The zero-order chi connectivity index (χ0) is 44.9. The summed E-state index contributed by atoms with van der Waals surface area (Å²) in [4.78, 5) is 46.1. The molecule has 0 radical (unpaired) electrons. The van der Waals surface area contributed by atoms with Crippen LogP contribution in [0, 0.1) is 0 Å². The predicted molar refractivity (Wildman–Crippen MR) is 249 cm³/mol. The van der Waals surface area contributed by atoms with Gasteiger partial charge in [0.1, 0.15) is 12.6 Å². The van der Waals surface area contributed by atoms with Crippen molar-refractivity contribution in [2.45, 2.75) is 251 Å². The van der Waals surface area contributed by atoms with Crippen molar-refractivity contribution in [3.63, 3.8) is 0 Å². The number of carbonyl (C=O) groups is 3.